The molecule has 116 valence electrons. The average Bonchev–Trinajstić information content (AvgIpc) is 2.46. The maximum atomic E-state index is 13.0. The molecule has 0 atom stereocenters. The number of rotatable bonds is 4. The van der Waals surface area contributed by atoms with Crippen LogP contribution in [0, 0.1) is 5.82 Å². The summed E-state index contributed by atoms with van der Waals surface area (Å²) in [6, 6.07) is 6.30. The van der Waals surface area contributed by atoms with E-state index in [2.05, 4.69) is 5.32 Å². The molecule has 1 heterocycles. The van der Waals surface area contributed by atoms with Crippen LogP contribution >= 0.6 is 11.8 Å². The lowest BCUT2D eigenvalue weighted by Crippen LogP contribution is -2.51. The highest BCUT2D eigenvalue weighted by molar-refractivity contribution is 7.99. The largest absolute Gasteiger partial charge is 0.380 e. The molecule has 0 aromatic heterocycles. The zero-order chi connectivity index (χ0) is 15.5. The SMILES string of the molecule is CC(C)(CNC(=O)C1(O)CCSCC1)c1ccc(F)cc1. The van der Waals surface area contributed by atoms with Gasteiger partial charge in [-0.15, -0.1) is 0 Å². The van der Waals surface area contributed by atoms with Crippen LogP contribution in [-0.2, 0) is 10.2 Å². The zero-order valence-corrected chi connectivity index (χ0v) is 13.3. The van der Waals surface area contributed by atoms with Gasteiger partial charge in [0.2, 0.25) is 0 Å². The van der Waals surface area contributed by atoms with E-state index in [9.17, 15) is 14.3 Å². The van der Waals surface area contributed by atoms with Crippen molar-refractivity contribution in [3.8, 4) is 0 Å². The van der Waals surface area contributed by atoms with Gasteiger partial charge in [0.25, 0.3) is 5.91 Å². The third-order valence-electron chi connectivity index (χ3n) is 4.06. The second-order valence-electron chi connectivity index (χ2n) is 6.22. The summed E-state index contributed by atoms with van der Waals surface area (Å²) in [5, 5.41) is 13.2. The zero-order valence-electron chi connectivity index (χ0n) is 12.5. The van der Waals surface area contributed by atoms with E-state index in [1.807, 2.05) is 13.8 Å². The molecule has 2 N–H and O–H groups in total. The van der Waals surface area contributed by atoms with Crippen LogP contribution in [0.2, 0.25) is 0 Å². The molecule has 5 heteroatoms. The summed E-state index contributed by atoms with van der Waals surface area (Å²) in [5.41, 5.74) is -0.594. The van der Waals surface area contributed by atoms with Gasteiger partial charge in [0.1, 0.15) is 11.4 Å². The van der Waals surface area contributed by atoms with Crippen LogP contribution in [0.3, 0.4) is 0 Å². The van der Waals surface area contributed by atoms with E-state index >= 15 is 0 Å². The number of carbonyl (C=O) groups excluding carboxylic acids is 1. The van der Waals surface area contributed by atoms with Crippen LogP contribution in [0.15, 0.2) is 24.3 Å². The van der Waals surface area contributed by atoms with Crippen LogP contribution in [0.25, 0.3) is 0 Å². The first kappa shape index (κ1) is 16.3. The van der Waals surface area contributed by atoms with Crippen molar-refractivity contribution in [2.45, 2.75) is 37.7 Å². The highest BCUT2D eigenvalue weighted by atomic mass is 32.2. The van der Waals surface area contributed by atoms with E-state index in [0.29, 0.717) is 19.4 Å². The molecule has 0 radical (unpaired) electrons. The molecule has 1 saturated heterocycles. The number of hydrogen-bond acceptors (Lipinski definition) is 3. The molecule has 3 nitrogen and oxygen atoms in total. The Labute approximate surface area is 129 Å². The van der Waals surface area contributed by atoms with E-state index in [0.717, 1.165) is 17.1 Å². The van der Waals surface area contributed by atoms with Gasteiger partial charge in [-0.2, -0.15) is 11.8 Å². The van der Waals surface area contributed by atoms with Gasteiger partial charge in [0.15, 0.2) is 0 Å². The van der Waals surface area contributed by atoms with Gasteiger partial charge >= 0.3 is 0 Å². The van der Waals surface area contributed by atoms with Gasteiger partial charge in [0, 0.05) is 12.0 Å². The summed E-state index contributed by atoms with van der Waals surface area (Å²) in [4.78, 5) is 12.2. The molecule has 21 heavy (non-hydrogen) atoms. The van der Waals surface area contributed by atoms with Crippen molar-refractivity contribution < 1.29 is 14.3 Å². The Balaban J connectivity index is 1.97. The minimum Gasteiger partial charge on any atom is -0.380 e. The van der Waals surface area contributed by atoms with E-state index in [1.54, 1.807) is 23.9 Å². The highest BCUT2D eigenvalue weighted by Gasteiger charge is 2.38. The summed E-state index contributed by atoms with van der Waals surface area (Å²) in [5.74, 6) is 1.06. The van der Waals surface area contributed by atoms with Crippen LogP contribution < -0.4 is 5.32 Å². The maximum Gasteiger partial charge on any atom is 0.252 e. The van der Waals surface area contributed by atoms with E-state index < -0.39 is 5.60 Å². The van der Waals surface area contributed by atoms with Crippen molar-refractivity contribution in [1.29, 1.82) is 0 Å². The number of carbonyl (C=O) groups is 1. The highest BCUT2D eigenvalue weighted by Crippen LogP contribution is 2.28. The number of aliphatic hydroxyl groups is 1. The van der Waals surface area contributed by atoms with Crippen molar-refractivity contribution in [3.63, 3.8) is 0 Å². The normalized spacial score (nSPS) is 18.3. The molecule has 1 aromatic carbocycles. The molecule has 0 bridgehead atoms. The van der Waals surface area contributed by atoms with Crippen molar-refractivity contribution in [3.05, 3.63) is 35.6 Å². The fourth-order valence-corrected chi connectivity index (χ4v) is 3.57. The standard InChI is InChI=1S/C16H22FNO2S/c1-15(2,12-3-5-13(17)6-4-12)11-18-14(19)16(20)7-9-21-10-8-16/h3-6,20H,7-11H2,1-2H3,(H,18,19). The second kappa shape index (κ2) is 6.36. The predicted molar refractivity (Wildman–Crippen MR) is 83.9 cm³/mol. The van der Waals surface area contributed by atoms with Gasteiger partial charge in [0.05, 0.1) is 0 Å². The van der Waals surface area contributed by atoms with Crippen molar-refractivity contribution in [2.24, 2.45) is 0 Å². The Kier molecular flexibility index (Phi) is 4.94. The molecule has 2 rings (SSSR count). The predicted octanol–water partition coefficient (Wildman–Crippen LogP) is 2.48. The summed E-state index contributed by atoms with van der Waals surface area (Å²) >= 11 is 1.76. The lowest BCUT2D eigenvalue weighted by atomic mass is 9.84. The van der Waals surface area contributed by atoms with Gasteiger partial charge in [-0.25, -0.2) is 4.39 Å². The van der Waals surface area contributed by atoms with Crippen LogP contribution in [-0.4, -0.2) is 34.7 Å². The Bertz CT molecular complexity index is 496. The molecule has 1 aromatic rings. The molecule has 1 aliphatic rings. The Morgan fingerprint density at radius 2 is 1.90 bits per heavy atom. The van der Waals surface area contributed by atoms with E-state index in [4.69, 9.17) is 0 Å². The second-order valence-corrected chi connectivity index (χ2v) is 7.44. The monoisotopic (exact) mass is 311 g/mol. The van der Waals surface area contributed by atoms with Gasteiger partial charge in [-0.05, 0) is 42.0 Å². The summed E-state index contributed by atoms with van der Waals surface area (Å²) < 4.78 is 13.0. The minimum absolute atomic E-state index is 0.271. The molecule has 0 aliphatic carbocycles. The minimum atomic E-state index is -1.23. The number of thioether (sulfide) groups is 1. The summed E-state index contributed by atoms with van der Waals surface area (Å²) in [6.07, 6.45) is 1.00. The smallest absolute Gasteiger partial charge is 0.252 e. The van der Waals surface area contributed by atoms with Crippen LogP contribution in [0.5, 0.6) is 0 Å². The number of benzene rings is 1. The van der Waals surface area contributed by atoms with E-state index in [-0.39, 0.29) is 17.1 Å². The summed E-state index contributed by atoms with van der Waals surface area (Å²) in [7, 11) is 0. The van der Waals surface area contributed by atoms with Crippen LogP contribution in [0.4, 0.5) is 4.39 Å². The third-order valence-corrected chi connectivity index (χ3v) is 5.04. The first-order valence-corrected chi connectivity index (χ1v) is 8.33. The summed E-state index contributed by atoms with van der Waals surface area (Å²) in [6.45, 7) is 4.38. The lowest BCUT2D eigenvalue weighted by Gasteiger charge is -2.32. The van der Waals surface area contributed by atoms with Gasteiger partial charge in [-0.3, -0.25) is 4.79 Å². The first-order valence-electron chi connectivity index (χ1n) is 7.18. The number of hydrogen-bond donors (Lipinski definition) is 2. The molecule has 0 saturated carbocycles. The quantitative estimate of drug-likeness (QED) is 0.898. The average molecular weight is 311 g/mol. The molecule has 0 spiro atoms. The maximum absolute atomic E-state index is 13.0. The number of amides is 1. The lowest BCUT2D eigenvalue weighted by molar-refractivity contribution is -0.140. The van der Waals surface area contributed by atoms with Gasteiger partial charge < -0.3 is 10.4 Å². The Morgan fingerprint density at radius 1 is 1.33 bits per heavy atom. The molecular formula is C16H22FNO2S. The van der Waals surface area contributed by atoms with Crippen molar-refractivity contribution in [2.75, 3.05) is 18.1 Å². The molecule has 1 amide bonds. The Morgan fingerprint density at radius 3 is 2.48 bits per heavy atom. The fourth-order valence-electron chi connectivity index (χ4n) is 2.41. The topological polar surface area (TPSA) is 49.3 Å². The molecule has 0 unspecified atom stereocenters. The van der Waals surface area contributed by atoms with E-state index in [1.165, 1.54) is 12.1 Å². The first-order chi connectivity index (χ1) is 9.83. The third kappa shape index (κ3) is 3.98. The fraction of sp³-hybridized carbons (Fsp3) is 0.562. The van der Waals surface area contributed by atoms with Crippen molar-refractivity contribution >= 4 is 17.7 Å². The van der Waals surface area contributed by atoms with Gasteiger partial charge in [-0.1, -0.05) is 26.0 Å². The van der Waals surface area contributed by atoms with Crippen LogP contribution in [0.1, 0.15) is 32.3 Å². The Hall–Kier alpha value is -1.07. The molecular weight excluding hydrogens is 289 g/mol. The molecule has 1 fully saturated rings. The number of halogens is 1. The van der Waals surface area contributed by atoms with Crippen molar-refractivity contribution in [1.82, 2.24) is 5.32 Å². The number of nitrogens with one attached hydrogen (secondary N) is 1. The molecule has 1 aliphatic heterocycles.